The molecule has 1 aromatic carbocycles. The first-order chi connectivity index (χ1) is 8.70. The van der Waals surface area contributed by atoms with E-state index in [-0.39, 0.29) is 5.56 Å². The summed E-state index contributed by atoms with van der Waals surface area (Å²) in [7, 11) is 1.22. The molecule has 0 spiro atoms. The number of carbonyl (C=O) groups is 1. The summed E-state index contributed by atoms with van der Waals surface area (Å²) in [5, 5.41) is 0. The fourth-order valence-electron chi connectivity index (χ4n) is 1.94. The topological polar surface area (TPSA) is 38.8 Å². The summed E-state index contributed by atoms with van der Waals surface area (Å²) in [4.78, 5) is 13.4. The monoisotopic (exact) mass is 253 g/mol. The zero-order valence-electron chi connectivity index (χ0n) is 10.3. The van der Waals surface area contributed by atoms with Crippen molar-refractivity contribution in [3.05, 3.63) is 29.6 Å². The number of benzene rings is 1. The molecule has 1 heterocycles. The quantitative estimate of drug-likeness (QED) is 0.770. The largest absolute Gasteiger partial charge is 0.478 e. The predicted molar refractivity (Wildman–Crippen MR) is 64.0 cm³/mol. The Morgan fingerprint density at radius 2 is 2.11 bits per heavy atom. The summed E-state index contributed by atoms with van der Waals surface area (Å²) in [5.74, 6) is -0.883. The number of hydrogen-bond acceptors (Lipinski definition) is 4. The highest BCUT2D eigenvalue weighted by molar-refractivity contribution is 5.89. The van der Waals surface area contributed by atoms with Gasteiger partial charge in [0.15, 0.2) is 0 Å². The predicted octanol–water partition coefficient (Wildman–Crippen LogP) is 2.04. The highest BCUT2D eigenvalue weighted by Gasteiger charge is 2.14. The summed E-state index contributed by atoms with van der Waals surface area (Å²) in [6, 6.07) is 4.16. The Kier molecular flexibility index (Phi) is 4.15. The Morgan fingerprint density at radius 3 is 2.72 bits per heavy atom. The van der Waals surface area contributed by atoms with Gasteiger partial charge in [0.2, 0.25) is 0 Å². The molecule has 0 radical (unpaired) electrons. The van der Waals surface area contributed by atoms with Gasteiger partial charge in [-0.1, -0.05) is 0 Å². The van der Waals surface area contributed by atoms with Gasteiger partial charge in [0.1, 0.15) is 18.3 Å². The van der Waals surface area contributed by atoms with Gasteiger partial charge in [-0.3, -0.25) is 4.90 Å². The van der Waals surface area contributed by atoms with E-state index in [2.05, 4.69) is 9.64 Å². The molecule has 2 rings (SSSR count). The molecule has 1 aromatic rings. The van der Waals surface area contributed by atoms with Crippen LogP contribution in [0.4, 0.5) is 4.39 Å². The van der Waals surface area contributed by atoms with Gasteiger partial charge in [-0.25, -0.2) is 9.18 Å². The number of methoxy groups -OCH3 is 1. The van der Waals surface area contributed by atoms with Crippen LogP contribution in [0.3, 0.4) is 0 Å². The lowest BCUT2D eigenvalue weighted by Crippen LogP contribution is -2.24. The van der Waals surface area contributed by atoms with E-state index in [0.29, 0.717) is 12.5 Å². The Labute approximate surface area is 105 Å². The summed E-state index contributed by atoms with van der Waals surface area (Å²) in [5.41, 5.74) is -0.0778. The zero-order valence-corrected chi connectivity index (χ0v) is 10.3. The lowest BCUT2D eigenvalue weighted by atomic mass is 10.2. The van der Waals surface area contributed by atoms with E-state index in [1.54, 1.807) is 6.07 Å². The average Bonchev–Trinajstić information content (AvgIpc) is 2.88. The van der Waals surface area contributed by atoms with Crippen LogP contribution >= 0.6 is 0 Å². The zero-order chi connectivity index (χ0) is 13.0. The molecule has 0 atom stereocenters. The third-order valence-corrected chi connectivity index (χ3v) is 2.96. The highest BCUT2D eigenvalue weighted by Crippen LogP contribution is 2.18. The van der Waals surface area contributed by atoms with Crippen LogP contribution in [0.2, 0.25) is 0 Å². The van der Waals surface area contributed by atoms with Gasteiger partial charge in [-0.15, -0.1) is 0 Å². The van der Waals surface area contributed by atoms with Crippen molar-refractivity contribution in [3.8, 4) is 5.75 Å². The van der Waals surface area contributed by atoms with Crippen molar-refractivity contribution in [3.63, 3.8) is 0 Å². The number of esters is 1. The van der Waals surface area contributed by atoms with Crippen LogP contribution in [0.1, 0.15) is 23.2 Å². The van der Waals surface area contributed by atoms with Crippen LogP contribution in [-0.2, 0) is 4.74 Å². The molecule has 0 amide bonds. The molecule has 0 aliphatic carbocycles. The number of carbonyl (C=O) groups excluding carboxylic acids is 1. The standard InChI is InChI=1S/C13H16FNO3/c1-17-13(16)11-5-4-10(8-12(11)14)18-9-15-6-2-3-7-15/h4-5,8H,2-3,6-7,9H2,1H3. The molecule has 0 saturated carbocycles. The molecular weight excluding hydrogens is 237 g/mol. The van der Waals surface area contributed by atoms with Gasteiger partial charge in [-0.05, 0) is 25.0 Å². The van der Waals surface area contributed by atoms with E-state index in [1.807, 2.05) is 0 Å². The van der Waals surface area contributed by atoms with Crippen molar-refractivity contribution >= 4 is 5.97 Å². The van der Waals surface area contributed by atoms with E-state index < -0.39 is 11.8 Å². The van der Waals surface area contributed by atoms with Crippen molar-refractivity contribution in [1.29, 1.82) is 0 Å². The molecule has 5 heteroatoms. The molecule has 18 heavy (non-hydrogen) atoms. The second-order valence-electron chi connectivity index (χ2n) is 4.23. The number of halogens is 1. The van der Waals surface area contributed by atoms with Gasteiger partial charge < -0.3 is 9.47 Å². The number of rotatable bonds is 4. The molecule has 1 saturated heterocycles. The van der Waals surface area contributed by atoms with Crippen LogP contribution < -0.4 is 4.74 Å². The van der Waals surface area contributed by atoms with Crippen molar-refractivity contribution in [1.82, 2.24) is 4.90 Å². The first kappa shape index (κ1) is 12.8. The minimum atomic E-state index is -0.682. The molecular formula is C13H16FNO3. The van der Waals surface area contributed by atoms with Gasteiger partial charge in [-0.2, -0.15) is 0 Å². The second-order valence-corrected chi connectivity index (χ2v) is 4.23. The number of hydrogen-bond donors (Lipinski definition) is 0. The van der Waals surface area contributed by atoms with E-state index >= 15 is 0 Å². The van der Waals surface area contributed by atoms with Gasteiger partial charge >= 0.3 is 5.97 Å². The first-order valence-corrected chi connectivity index (χ1v) is 5.93. The first-order valence-electron chi connectivity index (χ1n) is 5.93. The molecule has 1 aliphatic heterocycles. The molecule has 0 N–H and O–H groups in total. The van der Waals surface area contributed by atoms with Crippen molar-refractivity contribution in [2.45, 2.75) is 12.8 Å². The second kappa shape index (κ2) is 5.82. The Bertz CT molecular complexity index is 430. The summed E-state index contributed by atoms with van der Waals surface area (Å²) in [6.07, 6.45) is 2.36. The van der Waals surface area contributed by atoms with E-state index in [1.165, 1.54) is 32.1 Å². The minimum absolute atomic E-state index is 0.0778. The lowest BCUT2D eigenvalue weighted by molar-refractivity contribution is 0.0595. The van der Waals surface area contributed by atoms with Crippen LogP contribution in [0, 0.1) is 5.82 Å². The number of nitrogens with zero attached hydrogens (tertiary/aromatic N) is 1. The van der Waals surface area contributed by atoms with Crippen LogP contribution in [0.15, 0.2) is 18.2 Å². The van der Waals surface area contributed by atoms with Crippen LogP contribution in [0.25, 0.3) is 0 Å². The summed E-state index contributed by atoms with van der Waals surface area (Å²) >= 11 is 0. The normalized spacial score (nSPS) is 15.7. The van der Waals surface area contributed by atoms with Crippen LogP contribution in [-0.4, -0.2) is 37.8 Å². The Balaban J connectivity index is 1.97. The number of likely N-dealkylation sites (tertiary alicyclic amines) is 1. The Hall–Kier alpha value is -1.62. The average molecular weight is 253 g/mol. The SMILES string of the molecule is COC(=O)c1ccc(OCN2CCCC2)cc1F. The third kappa shape index (κ3) is 2.98. The molecule has 98 valence electrons. The molecule has 0 unspecified atom stereocenters. The van der Waals surface area contributed by atoms with Crippen molar-refractivity contribution in [2.75, 3.05) is 26.9 Å². The smallest absolute Gasteiger partial charge is 0.340 e. The number of ether oxygens (including phenoxy) is 2. The molecule has 0 aromatic heterocycles. The van der Waals surface area contributed by atoms with Crippen LogP contribution in [0.5, 0.6) is 5.75 Å². The minimum Gasteiger partial charge on any atom is -0.478 e. The highest BCUT2D eigenvalue weighted by atomic mass is 19.1. The maximum absolute atomic E-state index is 13.6. The van der Waals surface area contributed by atoms with Crippen molar-refractivity contribution < 1.29 is 18.7 Å². The third-order valence-electron chi connectivity index (χ3n) is 2.96. The summed E-state index contributed by atoms with van der Waals surface area (Å²) in [6.45, 7) is 2.49. The Morgan fingerprint density at radius 1 is 1.39 bits per heavy atom. The maximum atomic E-state index is 13.6. The fraction of sp³-hybridized carbons (Fsp3) is 0.462. The molecule has 1 fully saturated rings. The van der Waals surface area contributed by atoms with Gasteiger partial charge in [0.25, 0.3) is 0 Å². The van der Waals surface area contributed by atoms with Gasteiger partial charge in [0, 0.05) is 19.2 Å². The molecule has 0 bridgehead atoms. The molecule has 1 aliphatic rings. The van der Waals surface area contributed by atoms with E-state index in [4.69, 9.17) is 4.74 Å². The van der Waals surface area contributed by atoms with Gasteiger partial charge in [0.05, 0.1) is 12.7 Å². The van der Waals surface area contributed by atoms with Crippen molar-refractivity contribution in [2.24, 2.45) is 0 Å². The summed E-state index contributed by atoms with van der Waals surface area (Å²) < 4.78 is 23.5. The molecule has 4 nitrogen and oxygen atoms in total. The maximum Gasteiger partial charge on any atom is 0.340 e. The van der Waals surface area contributed by atoms with E-state index in [9.17, 15) is 9.18 Å². The lowest BCUT2D eigenvalue weighted by Gasteiger charge is -2.15. The fourth-order valence-corrected chi connectivity index (χ4v) is 1.94. The van der Waals surface area contributed by atoms with E-state index in [0.717, 1.165) is 13.1 Å².